The molecule has 1 N–H and O–H groups in total. The van der Waals surface area contributed by atoms with E-state index in [1.165, 1.54) is 0 Å². The van der Waals surface area contributed by atoms with Crippen molar-refractivity contribution < 1.29 is 18.3 Å². The summed E-state index contributed by atoms with van der Waals surface area (Å²) >= 11 is 0. The zero-order chi connectivity index (χ0) is 18.4. The number of hydrogen-bond donors (Lipinski definition) is 1. The van der Waals surface area contributed by atoms with Crippen molar-refractivity contribution in [3.8, 4) is 0 Å². The molecule has 5 nitrogen and oxygen atoms in total. The molecule has 0 radical (unpaired) electrons. The van der Waals surface area contributed by atoms with Crippen molar-refractivity contribution in [1.82, 2.24) is 4.90 Å². The quantitative estimate of drug-likeness (QED) is 0.737. The summed E-state index contributed by atoms with van der Waals surface area (Å²) in [7, 11) is -3.54. The van der Waals surface area contributed by atoms with Crippen molar-refractivity contribution in [3.63, 3.8) is 0 Å². The van der Waals surface area contributed by atoms with Gasteiger partial charge in [0.1, 0.15) is 0 Å². The molecule has 0 heterocycles. The number of nitrogens with zero attached hydrogens (tertiary/aromatic N) is 1. The van der Waals surface area contributed by atoms with Crippen molar-refractivity contribution in [2.24, 2.45) is 0 Å². The number of halogens is 1. The van der Waals surface area contributed by atoms with Crippen LogP contribution in [0.2, 0.25) is 0 Å². The van der Waals surface area contributed by atoms with Crippen LogP contribution in [0.1, 0.15) is 24.5 Å². The van der Waals surface area contributed by atoms with E-state index in [1.807, 2.05) is 18.7 Å². The third-order valence-corrected chi connectivity index (χ3v) is 5.66. The minimum Gasteiger partial charge on any atom is -0.480 e. The van der Waals surface area contributed by atoms with Crippen LogP contribution in [0.25, 0.3) is 0 Å². The van der Waals surface area contributed by atoms with Gasteiger partial charge in [-0.25, -0.2) is 8.42 Å². The van der Waals surface area contributed by atoms with Crippen molar-refractivity contribution in [1.29, 1.82) is 0 Å². The highest BCUT2D eigenvalue weighted by Crippen LogP contribution is 2.22. The molecule has 7 heteroatoms. The number of rotatable bonds is 8. The molecule has 0 aliphatic rings. The molecule has 2 aromatic rings. The van der Waals surface area contributed by atoms with Crippen LogP contribution in [0.5, 0.6) is 0 Å². The molecule has 0 unspecified atom stereocenters. The maximum Gasteiger partial charge on any atom is 0.317 e. The van der Waals surface area contributed by atoms with Crippen LogP contribution in [0.4, 0.5) is 0 Å². The van der Waals surface area contributed by atoms with Gasteiger partial charge in [0.15, 0.2) is 0 Å². The summed E-state index contributed by atoms with van der Waals surface area (Å²) in [6.07, 6.45) is 0.854. The Labute approximate surface area is 161 Å². The second kappa shape index (κ2) is 9.71. The summed E-state index contributed by atoms with van der Waals surface area (Å²) in [4.78, 5) is 13.2. The Bertz CT molecular complexity index is 818. The molecule has 0 spiro atoms. The van der Waals surface area contributed by atoms with Gasteiger partial charge in [-0.2, -0.15) is 0 Å². The first-order chi connectivity index (χ1) is 11.8. The zero-order valence-corrected chi connectivity index (χ0v) is 16.5. The summed E-state index contributed by atoms with van der Waals surface area (Å²) < 4.78 is 25.3. The van der Waals surface area contributed by atoms with E-state index in [9.17, 15) is 13.2 Å². The highest BCUT2D eigenvalue weighted by molar-refractivity contribution is 7.91. The van der Waals surface area contributed by atoms with Gasteiger partial charge < -0.3 is 5.11 Å². The van der Waals surface area contributed by atoms with Gasteiger partial charge in [0.25, 0.3) is 0 Å². The van der Waals surface area contributed by atoms with Crippen LogP contribution in [0.3, 0.4) is 0 Å². The second-order valence-electron chi connectivity index (χ2n) is 6.06. The lowest BCUT2D eigenvalue weighted by Gasteiger charge is -2.19. The maximum absolute atomic E-state index is 12.6. The molecule has 142 valence electrons. The van der Waals surface area contributed by atoms with E-state index in [2.05, 4.69) is 0 Å². The van der Waals surface area contributed by atoms with Crippen LogP contribution >= 0.6 is 12.4 Å². The van der Waals surface area contributed by atoms with Gasteiger partial charge in [-0.1, -0.05) is 36.8 Å². The smallest absolute Gasteiger partial charge is 0.317 e. The SMILES string of the molecule is CCCN(CC(=O)O)Cc1ccc(S(=O)(=O)c2ccc(C)cc2)cc1.Cl. The molecular weight excluding hydrogens is 374 g/mol. The highest BCUT2D eigenvalue weighted by Gasteiger charge is 2.17. The van der Waals surface area contributed by atoms with E-state index in [0.717, 1.165) is 17.5 Å². The Morgan fingerprint density at radius 3 is 1.96 bits per heavy atom. The topological polar surface area (TPSA) is 74.7 Å². The predicted octanol–water partition coefficient (Wildman–Crippen LogP) is 3.55. The lowest BCUT2D eigenvalue weighted by Crippen LogP contribution is -2.30. The second-order valence-corrected chi connectivity index (χ2v) is 8.01. The normalized spacial score (nSPS) is 11.2. The van der Waals surface area contributed by atoms with Gasteiger partial charge in [-0.15, -0.1) is 12.4 Å². The monoisotopic (exact) mass is 397 g/mol. The molecule has 0 aromatic heterocycles. The number of hydrogen-bond acceptors (Lipinski definition) is 4. The van der Waals surface area contributed by atoms with Gasteiger partial charge in [-0.05, 0) is 49.7 Å². The molecule has 0 fully saturated rings. The van der Waals surface area contributed by atoms with E-state index in [1.54, 1.807) is 48.5 Å². The highest BCUT2D eigenvalue weighted by atomic mass is 35.5. The summed E-state index contributed by atoms with van der Waals surface area (Å²) in [5.74, 6) is -0.869. The first kappa shape index (κ1) is 22.2. The fraction of sp³-hybridized carbons (Fsp3) is 0.316. The number of aliphatic carboxylic acids is 1. The molecule has 0 saturated carbocycles. The zero-order valence-electron chi connectivity index (χ0n) is 14.9. The largest absolute Gasteiger partial charge is 0.480 e. The van der Waals surface area contributed by atoms with Crippen LogP contribution < -0.4 is 0 Å². The average molecular weight is 398 g/mol. The number of carboxylic acid groups (broad SMARTS) is 1. The Morgan fingerprint density at radius 2 is 1.50 bits per heavy atom. The lowest BCUT2D eigenvalue weighted by atomic mass is 10.2. The summed E-state index contributed by atoms with van der Waals surface area (Å²) in [6.45, 7) is 5.02. The van der Waals surface area contributed by atoms with E-state index in [4.69, 9.17) is 5.11 Å². The minimum absolute atomic E-state index is 0. The van der Waals surface area contributed by atoms with Crippen LogP contribution in [-0.2, 0) is 21.2 Å². The number of sulfone groups is 1. The number of carboxylic acids is 1. The third kappa shape index (κ3) is 5.83. The van der Waals surface area contributed by atoms with Crippen molar-refractivity contribution >= 4 is 28.2 Å². The van der Waals surface area contributed by atoms with E-state index in [0.29, 0.717) is 13.1 Å². The molecular formula is C19H24ClNO4S. The number of carbonyl (C=O) groups is 1. The average Bonchev–Trinajstić information content (AvgIpc) is 2.55. The molecule has 26 heavy (non-hydrogen) atoms. The van der Waals surface area contributed by atoms with Crippen molar-refractivity contribution in [2.45, 2.75) is 36.6 Å². The molecule has 0 aliphatic carbocycles. The third-order valence-electron chi connectivity index (χ3n) is 3.87. The molecule has 2 aromatic carbocycles. The minimum atomic E-state index is -3.54. The summed E-state index contributed by atoms with van der Waals surface area (Å²) in [5.41, 5.74) is 1.89. The van der Waals surface area contributed by atoms with Gasteiger partial charge in [0.2, 0.25) is 9.84 Å². The Balaban J connectivity index is 0.00000338. The molecule has 2 rings (SSSR count). The van der Waals surface area contributed by atoms with Gasteiger partial charge >= 0.3 is 5.97 Å². The summed E-state index contributed by atoms with van der Waals surface area (Å²) in [5, 5.41) is 8.96. The van der Waals surface area contributed by atoms with Gasteiger partial charge in [0.05, 0.1) is 16.3 Å². The molecule has 0 saturated heterocycles. The number of aryl methyl sites for hydroxylation is 1. The Kier molecular flexibility index (Phi) is 8.27. The Morgan fingerprint density at radius 1 is 1.00 bits per heavy atom. The van der Waals surface area contributed by atoms with Crippen LogP contribution in [0.15, 0.2) is 58.3 Å². The molecule has 0 atom stereocenters. The Hall–Kier alpha value is -1.89. The van der Waals surface area contributed by atoms with E-state index >= 15 is 0 Å². The first-order valence-electron chi connectivity index (χ1n) is 8.17. The summed E-state index contributed by atoms with van der Waals surface area (Å²) in [6, 6.07) is 13.4. The fourth-order valence-corrected chi connectivity index (χ4v) is 3.87. The van der Waals surface area contributed by atoms with Crippen molar-refractivity contribution in [2.75, 3.05) is 13.1 Å². The van der Waals surface area contributed by atoms with Crippen molar-refractivity contribution in [3.05, 3.63) is 59.7 Å². The van der Waals surface area contributed by atoms with E-state index in [-0.39, 0.29) is 28.7 Å². The van der Waals surface area contributed by atoms with Crippen LogP contribution in [0, 0.1) is 6.92 Å². The predicted molar refractivity (Wildman–Crippen MR) is 104 cm³/mol. The maximum atomic E-state index is 12.6. The molecule has 0 amide bonds. The van der Waals surface area contributed by atoms with Gasteiger partial charge in [-0.3, -0.25) is 9.69 Å². The molecule has 0 aliphatic heterocycles. The van der Waals surface area contributed by atoms with Crippen LogP contribution in [-0.4, -0.2) is 37.5 Å². The number of benzene rings is 2. The van der Waals surface area contributed by atoms with E-state index < -0.39 is 15.8 Å². The molecule has 0 bridgehead atoms. The first-order valence-corrected chi connectivity index (χ1v) is 9.66. The standard InChI is InChI=1S/C19H23NO4S.ClH/c1-3-12-20(14-19(21)22)13-16-6-10-18(11-7-16)25(23,24)17-8-4-15(2)5-9-17;/h4-11H,3,12-14H2,1-2H3,(H,21,22);1H. The van der Waals surface area contributed by atoms with Gasteiger partial charge in [0, 0.05) is 6.54 Å². The lowest BCUT2D eigenvalue weighted by molar-refractivity contribution is -0.138. The fourth-order valence-electron chi connectivity index (χ4n) is 2.61.